The van der Waals surface area contributed by atoms with Gasteiger partial charge in [-0.05, 0) is 42.5 Å². The lowest BCUT2D eigenvalue weighted by Crippen LogP contribution is -2.28. The van der Waals surface area contributed by atoms with E-state index >= 15 is 0 Å². The number of hydrogen-bond donors (Lipinski definition) is 1. The minimum absolute atomic E-state index is 0.200. The van der Waals surface area contributed by atoms with E-state index in [4.69, 9.17) is 4.74 Å². The van der Waals surface area contributed by atoms with Crippen molar-refractivity contribution in [3.8, 4) is 5.75 Å². The van der Waals surface area contributed by atoms with Gasteiger partial charge >= 0.3 is 0 Å². The number of nitrogens with one attached hydrogen (secondary N) is 1. The van der Waals surface area contributed by atoms with Crippen molar-refractivity contribution < 1.29 is 9.53 Å². The molecule has 148 valence electrons. The van der Waals surface area contributed by atoms with Gasteiger partial charge in [-0.2, -0.15) is 0 Å². The van der Waals surface area contributed by atoms with Gasteiger partial charge in [0, 0.05) is 24.8 Å². The molecule has 1 aromatic heterocycles. The van der Waals surface area contributed by atoms with Crippen molar-refractivity contribution in [2.45, 2.75) is 19.3 Å². The number of methoxy groups -OCH3 is 1. The third kappa shape index (κ3) is 4.21. The lowest BCUT2D eigenvalue weighted by molar-refractivity contribution is 0.0949. The third-order valence-corrected chi connectivity index (χ3v) is 5.14. The summed E-state index contributed by atoms with van der Waals surface area (Å²) < 4.78 is 5.36. The molecule has 0 atom stereocenters. The van der Waals surface area contributed by atoms with E-state index in [9.17, 15) is 4.79 Å². The molecule has 0 spiro atoms. The number of aryl methyl sites for hydroxylation is 1. The second-order valence-corrected chi connectivity index (χ2v) is 6.96. The fourth-order valence-electron chi connectivity index (χ4n) is 3.70. The van der Waals surface area contributed by atoms with E-state index in [0.29, 0.717) is 18.7 Å². The van der Waals surface area contributed by atoms with Gasteiger partial charge in [0.2, 0.25) is 0 Å². The SMILES string of the molecule is COc1ccccc1CCNC(=O)c1cc(N2CCCc3ccccc32)ncn1. The van der Waals surface area contributed by atoms with Gasteiger partial charge in [0.05, 0.1) is 7.11 Å². The summed E-state index contributed by atoms with van der Waals surface area (Å²) in [7, 11) is 1.65. The lowest BCUT2D eigenvalue weighted by atomic mass is 10.0. The first-order chi connectivity index (χ1) is 14.3. The van der Waals surface area contributed by atoms with Crippen LogP contribution in [0, 0.1) is 0 Å². The fraction of sp³-hybridized carbons (Fsp3) is 0.261. The summed E-state index contributed by atoms with van der Waals surface area (Å²) in [5.74, 6) is 1.38. The Morgan fingerprint density at radius 3 is 2.86 bits per heavy atom. The molecule has 6 nitrogen and oxygen atoms in total. The van der Waals surface area contributed by atoms with Gasteiger partial charge in [0.25, 0.3) is 5.91 Å². The van der Waals surface area contributed by atoms with Gasteiger partial charge in [0.15, 0.2) is 0 Å². The highest BCUT2D eigenvalue weighted by Crippen LogP contribution is 2.32. The number of rotatable bonds is 6. The molecule has 29 heavy (non-hydrogen) atoms. The predicted molar refractivity (Wildman–Crippen MR) is 113 cm³/mol. The quantitative estimate of drug-likeness (QED) is 0.700. The Bertz CT molecular complexity index is 1010. The molecular weight excluding hydrogens is 364 g/mol. The molecule has 0 saturated heterocycles. The normalized spacial score (nSPS) is 12.9. The summed E-state index contributed by atoms with van der Waals surface area (Å²) in [5, 5.41) is 2.94. The molecule has 6 heteroatoms. The molecule has 2 heterocycles. The van der Waals surface area contributed by atoms with E-state index in [-0.39, 0.29) is 5.91 Å². The molecule has 3 aromatic rings. The number of fused-ring (bicyclic) bond motifs is 1. The molecule has 1 aliphatic rings. The summed E-state index contributed by atoms with van der Waals surface area (Å²) >= 11 is 0. The molecular formula is C23H24N4O2. The summed E-state index contributed by atoms with van der Waals surface area (Å²) in [6, 6.07) is 17.9. The molecule has 4 rings (SSSR count). The van der Waals surface area contributed by atoms with Crippen molar-refractivity contribution in [1.82, 2.24) is 15.3 Å². The first kappa shape index (κ1) is 18.9. The van der Waals surface area contributed by atoms with Gasteiger partial charge < -0.3 is 15.0 Å². The van der Waals surface area contributed by atoms with Crippen LogP contribution in [0.1, 0.15) is 28.0 Å². The van der Waals surface area contributed by atoms with Crippen LogP contribution >= 0.6 is 0 Å². The van der Waals surface area contributed by atoms with Crippen LogP contribution in [0.25, 0.3) is 0 Å². The van der Waals surface area contributed by atoms with E-state index in [2.05, 4.69) is 38.4 Å². The van der Waals surface area contributed by atoms with Crippen LogP contribution in [-0.4, -0.2) is 36.1 Å². The zero-order valence-corrected chi connectivity index (χ0v) is 16.5. The second-order valence-electron chi connectivity index (χ2n) is 6.96. The zero-order valence-electron chi connectivity index (χ0n) is 16.5. The maximum Gasteiger partial charge on any atom is 0.270 e. The van der Waals surface area contributed by atoms with Crippen molar-refractivity contribution in [1.29, 1.82) is 0 Å². The van der Waals surface area contributed by atoms with Crippen LogP contribution in [0.4, 0.5) is 11.5 Å². The van der Waals surface area contributed by atoms with Crippen molar-refractivity contribution in [2.75, 3.05) is 25.1 Å². The smallest absolute Gasteiger partial charge is 0.270 e. The number of hydrogen-bond acceptors (Lipinski definition) is 5. The molecule has 0 aliphatic carbocycles. The van der Waals surface area contributed by atoms with E-state index in [1.807, 2.05) is 30.3 Å². The van der Waals surface area contributed by atoms with Crippen LogP contribution in [0.3, 0.4) is 0 Å². The Kier molecular flexibility index (Phi) is 5.70. The van der Waals surface area contributed by atoms with Gasteiger partial charge in [0.1, 0.15) is 23.6 Å². The summed E-state index contributed by atoms with van der Waals surface area (Å²) in [4.78, 5) is 23.4. The van der Waals surface area contributed by atoms with E-state index < -0.39 is 0 Å². The standard InChI is InChI=1S/C23H24N4O2/c1-29-21-11-5-3-8-18(21)12-13-24-23(28)19-15-22(26-16-25-19)27-14-6-9-17-7-2-4-10-20(17)27/h2-5,7-8,10-11,15-16H,6,9,12-14H2,1H3,(H,24,28). The number of carbonyl (C=O) groups excluding carboxylic acids is 1. The summed E-state index contributed by atoms with van der Waals surface area (Å²) in [6.45, 7) is 1.38. The van der Waals surface area contributed by atoms with Gasteiger partial charge in [-0.15, -0.1) is 0 Å². The number of aromatic nitrogens is 2. The highest BCUT2D eigenvalue weighted by Gasteiger charge is 2.20. The summed E-state index contributed by atoms with van der Waals surface area (Å²) in [5.41, 5.74) is 3.89. The second kappa shape index (κ2) is 8.73. The Balaban J connectivity index is 1.44. The topological polar surface area (TPSA) is 67.3 Å². The molecule has 1 aliphatic heterocycles. The van der Waals surface area contributed by atoms with Crippen LogP contribution in [0.2, 0.25) is 0 Å². The number of anilines is 2. The molecule has 0 unspecified atom stereocenters. The van der Waals surface area contributed by atoms with Crippen LogP contribution < -0.4 is 15.0 Å². The monoisotopic (exact) mass is 388 g/mol. The van der Waals surface area contributed by atoms with E-state index in [1.165, 1.54) is 11.9 Å². The van der Waals surface area contributed by atoms with Crippen molar-refractivity contribution >= 4 is 17.4 Å². The molecule has 1 N–H and O–H groups in total. The molecule has 2 aromatic carbocycles. The van der Waals surface area contributed by atoms with E-state index in [0.717, 1.165) is 42.2 Å². The predicted octanol–water partition coefficient (Wildman–Crippen LogP) is 3.54. The Hall–Kier alpha value is -3.41. The summed E-state index contributed by atoms with van der Waals surface area (Å²) in [6.07, 6.45) is 4.27. The maximum atomic E-state index is 12.6. The third-order valence-electron chi connectivity index (χ3n) is 5.14. The van der Waals surface area contributed by atoms with Crippen molar-refractivity contribution in [3.05, 3.63) is 77.7 Å². The fourth-order valence-corrected chi connectivity index (χ4v) is 3.70. The first-order valence-electron chi connectivity index (χ1n) is 9.84. The van der Waals surface area contributed by atoms with Crippen LogP contribution in [0.5, 0.6) is 5.75 Å². The Morgan fingerprint density at radius 1 is 1.14 bits per heavy atom. The largest absolute Gasteiger partial charge is 0.496 e. The number of ether oxygens (including phenoxy) is 1. The number of benzene rings is 2. The van der Waals surface area contributed by atoms with Crippen molar-refractivity contribution in [3.63, 3.8) is 0 Å². The molecule has 0 fully saturated rings. The highest BCUT2D eigenvalue weighted by molar-refractivity contribution is 5.93. The van der Waals surface area contributed by atoms with Crippen molar-refractivity contribution in [2.24, 2.45) is 0 Å². The first-order valence-corrected chi connectivity index (χ1v) is 9.84. The van der Waals surface area contributed by atoms with E-state index in [1.54, 1.807) is 13.2 Å². The van der Waals surface area contributed by atoms with Crippen LogP contribution in [-0.2, 0) is 12.8 Å². The number of carbonyl (C=O) groups is 1. The van der Waals surface area contributed by atoms with Gasteiger partial charge in [-0.25, -0.2) is 9.97 Å². The molecule has 0 radical (unpaired) electrons. The highest BCUT2D eigenvalue weighted by atomic mass is 16.5. The Morgan fingerprint density at radius 2 is 1.97 bits per heavy atom. The number of amides is 1. The van der Waals surface area contributed by atoms with Gasteiger partial charge in [-0.1, -0.05) is 36.4 Å². The molecule has 0 saturated carbocycles. The number of nitrogens with zero attached hydrogens (tertiary/aromatic N) is 3. The average molecular weight is 388 g/mol. The number of para-hydroxylation sites is 2. The average Bonchev–Trinajstić information content (AvgIpc) is 2.79. The van der Waals surface area contributed by atoms with Gasteiger partial charge in [-0.3, -0.25) is 4.79 Å². The molecule has 0 bridgehead atoms. The lowest BCUT2D eigenvalue weighted by Gasteiger charge is -2.30. The van der Waals surface area contributed by atoms with Crippen LogP contribution in [0.15, 0.2) is 60.9 Å². The zero-order chi connectivity index (χ0) is 20.1. The Labute approximate surface area is 170 Å². The maximum absolute atomic E-state index is 12.6. The minimum atomic E-state index is -0.200. The molecule has 1 amide bonds. The minimum Gasteiger partial charge on any atom is -0.496 e.